The van der Waals surface area contributed by atoms with Gasteiger partial charge in [0.1, 0.15) is 5.75 Å². The lowest BCUT2D eigenvalue weighted by Crippen LogP contribution is -2.01. The number of ether oxygens (including phenoxy) is 1. The summed E-state index contributed by atoms with van der Waals surface area (Å²) in [4.78, 5) is 10.4. The molecule has 0 bridgehead atoms. The molecule has 0 radical (unpaired) electrons. The molecule has 1 N–H and O–H groups in total. The Bertz CT molecular complexity index is 964. The first-order chi connectivity index (χ1) is 14.8. The SMILES string of the molecule is CCOCC.Cc1cc(-c2ccc([N+](=O)[O-])cc2)ccc1C(C)Cc1ccc(O)cc1. The van der Waals surface area contributed by atoms with Crippen molar-refractivity contribution in [2.75, 3.05) is 13.2 Å². The molecule has 1 unspecified atom stereocenters. The van der Waals surface area contributed by atoms with Crippen LogP contribution in [0, 0.1) is 17.0 Å². The van der Waals surface area contributed by atoms with Crippen LogP contribution in [0.15, 0.2) is 66.7 Å². The van der Waals surface area contributed by atoms with Crippen LogP contribution in [-0.2, 0) is 11.2 Å². The van der Waals surface area contributed by atoms with E-state index in [1.54, 1.807) is 24.3 Å². The minimum Gasteiger partial charge on any atom is -0.508 e. The highest BCUT2D eigenvalue weighted by atomic mass is 16.6. The largest absolute Gasteiger partial charge is 0.508 e. The van der Waals surface area contributed by atoms with Gasteiger partial charge in [-0.15, -0.1) is 0 Å². The Labute approximate surface area is 184 Å². The Morgan fingerprint density at radius 1 is 0.935 bits per heavy atom. The predicted molar refractivity (Wildman–Crippen MR) is 126 cm³/mol. The van der Waals surface area contributed by atoms with Crippen LogP contribution in [0.4, 0.5) is 5.69 Å². The number of non-ortho nitro benzene ring substituents is 1. The summed E-state index contributed by atoms with van der Waals surface area (Å²) >= 11 is 0. The summed E-state index contributed by atoms with van der Waals surface area (Å²) in [5.74, 6) is 0.635. The zero-order valence-electron chi connectivity index (χ0n) is 18.7. The van der Waals surface area contributed by atoms with Crippen LogP contribution in [0.5, 0.6) is 5.75 Å². The molecule has 5 nitrogen and oxygen atoms in total. The topological polar surface area (TPSA) is 72.6 Å². The van der Waals surface area contributed by atoms with Crippen molar-refractivity contribution in [2.45, 2.75) is 40.0 Å². The lowest BCUT2D eigenvalue weighted by Gasteiger charge is -2.16. The first-order valence-electron chi connectivity index (χ1n) is 10.6. The quantitative estimate of drug-likeness (QED) is 0.342. The lowest BCUT2D eigenvalue weighted by atomic mass is 9.89. The van der Waals surface area contributed by atoms with Crippen LogP contribution >= 0.6 is 0 Å². The Morgan fingerprint density at radius 2 is 1.52 bits per heavy atom. The van der Waals surface area contributed by atoms with Crippen molar-refractivity contribution in [3.63, 3.8) is 0 Å². The number of phenolic OH excluding ortho intramolecular Hbond substituents is 1. The Morgan fingerprint density at radius 3 is 2.00 bits per heavy atom. The van der Waals surface area contributed by atoms with Crippen LogP contribution in [0.1, 0.15) is 43.4 Å². The molecule has 0 heterocycles. The third-order valence-corrected chi connectivity index (χ3v) is 5.10. The number of nitrogens with zero attached hydrogens (tertiary/aromatic N) is 1. The van der Waals surface area contributed by atoms with E-state index in [1.165, 1.54) is 28.8 Å². The molecule has 0 saturated carbocycles. The molecule has 3 aromatic rings. The van der Waals surface area contributed by atoms with Gasteiger partial charge >= 0.3 is 0 Å². The van der Waals surface area contributed by atoms with Gasteiger partial charge in [-0.1, -0.05) is 37.3 Å². The number of rotatable bonds is 7. The predicted octanol–water partition coefficient (Wildman–Crippen LogP) is 6.66. The summed E-state index contributed by atoms with van der Waals surface area (Å²) in [6.07, 6.45) is 0.901. The molecule has 164 valence electrons. The number of nitro benzene ring substituents is 1. The Kier molecular flexibility index (Phi) is 9.22. The fourth-order valence-electron chi connectivity index (χ4n) is 3.48. The molecule has 0 aliphatic carbocycles. The molecular formula is C26H31NO4. The highest BCUT2D eigenvalue weighted by Crippen LogP contribution is 2.29. The zero-order valence-corrected chi connectivity index (χ0v) is 18.7. The van der Waals surface area contributed by atoms with E-state index in [2.05, 4.69) is 32.0 Å². The minimum absolute atomic E-state index is 0.101. The van der Waals surface area contributed by atoms with Gasteiger partial charge in [0, 0.05) is 25.3 Å². The summed E-state index contributed by atoms with van der Waals surface area (Å²) in [5, 5.41) is 20.2. The zero-order chi connectivity index (χ0) is 22.8. The normalized spacial score (nSPS) is 11.4. The average molecular weight is 422 g/mol. The van der Waals surface area contributed by atoms with Gasteiger partial charge in [0.2, 0.25) is 0 Å². The molecule has 0 amide bonds. The number of aryl methyl sites for hydroxylation is 1. The lowest BCUT2D eigenvalue weighted by molar-refractivity contribution is -0.384. The van der Waals surface area contributed by atoms with Crippen molar-refractivity contribution < 1.29 is 14.8 Å². The molecular weight excluding hydrogens is 390 g/mol. The standard InChI is InChI=1S/C22H21NO3.C4H10O/c1-15(13-17-3-10-21(24)11-4-17)22-12-7-19(14-16(22)2)18-5-8-20(9-6-18)23(25)26;1-3-5-4-2/h3-12,14-15,24H,13H2,1-2H3;3-4H2,1-2H3. The van der Waals surface area contributed by atoms with E-state index in [1.807, 2.05) is 26.0 Å². The molecule has 3 aromatic carbocycles. The van der Waals surface area contributed by atoms with Crippen LogP contribution in [0.3, 0.4) is 0 Å². The van der Waals surface area contributed by atoms with Crippen molar-refractivity contribution in [3.8, 4) is 16.9 Å². The minimum atomic E-state index is -0.386. The van der Waals surface area contributed by atoms with Crippen LogP contribution in [-0.4, -0.2) is 23.2 Å². The second kappa shape index (κ2) is 11.9. The van der Waals surface area contributed by atoms with Gasteiger partial charge in [0.15, 0.2) is 0 Å². The van der Waals surface area contributed by atoms with Crippen molar-refractivity contribution in [1.29, 1.82) is 0 Å². The molecule has 3 rings (SSSR count). The maximum Gasteiger partial charge on any atom is 0.269 e. The number of hydrogen-bond donors (Lipinski definition) is 1. The summed E-state index contributed by atoms with van der Waals surface area (Å²) in [5.41, 5.74) is 5.80. The number of phenols is 1. The van der Waals surface area contributed by atoms with Crippen LogP contribution in [0.25, 0.3) is 11.1 Å². The van der Waals surface area contributed by atoms with Crippen molar-refractivity contribution in [1.82, 2.24) is 0 Å². The van der Waals surface area contributed by atoms with E-state index < -0.39 is 0 Å². The summed E-state index contributed by atoms with van der Waals surface area (Å²) in [6, 6.07) is 20.3. The highest BCUT2D eigenvalue weighted by Gasteiger charge is 2.11. The van der Waals surface area contributed by atoms with Crippen molar-refractivity contribution in [2.24, 2.45) is 0 Å². The molecule has 5 heteroatoms. The van der Waals surface area contributed by atoms with Gasteiger partial charge in [-0.2, -0.15) is 0 Å². The molecule has 0 fully saturated rings. The second-order valence-electron chi connectivity index (χ2n) is 7.43. The molecule has 0 saturated heterocycles. The first kappa shape index (κ1) is 24.1. The number of hydrogen-bond acceptors (Lipinski definition) is 4. The molecule has 0 aromatic heterocycles. The van der Waals surface area contributed by atoms with E-state index in [-0.39, 0.29) is 16.4 Å². The molecule has 1 atom stereocenters. The van der Waals surface area contributed by atoms with Gasteiger partial charge in [0.25, 0.3) is 5.69 Å². The molecule has 0 spiro atoms. The number of nitro groups is 1. The van der Waals surface area contributed by atoms with E-state index in [0.717, 1.165) is 30.8 Å². The molecule has 0 aliphatic heterocycles. The monoisotopic (exact) mass is 421 g/mol. The summed E-state index contributed by atoms with van der Waals surface area (Å²) < 4.78 is 4.83. The van der Waals surface area contributed by atoms with Gasteiger partial charge in [-0.05, 0) is 85.2 Å². The van der Waals surface area contributed by atoms with Crippen molar-refractivity contribution in [3.05, 3.63) is 93.5 Å². The first-order valence-corrected chi connectivity index (χ1v) is 10.6. The van der Waals surface area contributed by atoms with E-state index >= 15 is 0 Å². The third kappa shape index (κ3) is 7.23. The Hall–Kier alpha value is -3.18. The van der Waals surface area contributed by atoms with Gasteiger partial charge in [0.05, 0.1) is 4.92 Å². The highest BCUT2D eigenvalue weighted by molar-refractivity contribution is 5.66. The van der Waals surface area contributed by atoms with Crippen LogP contribution < -0.4 is 0 Å². The third-order valence-electron chi connectivity index (χ3n) is 5.10. The fourth-order valence-corrected chi connectivity index (χ4v) is 3.48. The second-order valence-corrected chi connectivity index (χ2v) is 7.43. The van der Waals surface area contributed by atoms with Gasteiger partial charge in [-0.3, -0.25) is 10.1 Å². The number of aromatic hydroxyl groups is 1. The summed E-state index contributed by atoms with van der Waals surface area (Å²) in [6.45, 7) is 9.96. The van der Waals surface area contributed by atoms with Gasteiger partial charge in [-0.25, -0.2) is 0 Å². The maximum atomic E-state index is 10.8. The fraction of sp³-hybridized carbons (Fsp3) is 0.308. The van der Waals surface area contributed by atoms with E-state index in [4.69, 9.17) is 4.74 Å². The number of benzene rings is 3. The van der Waals surface area contributed by atoms with E-state index in [9.17, 15) is 15.2 Å². The van der Waals surface area contributed by atoms with Gasteiger partial charge < -0.3 is 9.84 Å². The van der Waals surface area contributed by atoms with Crippen LogP contribution in [0.2, 0.25) is 0 Å². The maximum absolute atomic E-state index is 10.8. The molecule has 31 heavy (non-hydrogen) atoms. The summed E-state index contributed by atoms with van der Waals surface area (Å²) in [7, 11) is 0. The van der Waals surface area contributed by atoms with Crippen molar-refractivity contribution >= 4 is 5.69 Å². The Balaban J connectivity index is 0.000000614. The van der Waals surface area contributed by atoms with E-state index in [0.29, 0.717) is 5.92 Å². The smallest absolute Gasteiger partial charge is 0.269 e. The molecule has 0 aliphatic rings. The average Bonchev–Trinajstić information content (AvgIpc) is 2.76.